The van der Waals surface area contributed by atoms with Crippen molar-refractivity contribution in [2.24, 2.45) is 0 Å². The molecule has 1 amide bonds. The van der Waals surface area contributed by atoms with Gasteiger partial charge in [0.25, 0.3) is 5.91 Å². The molecule has 0 aliphatic heterocycles. The van der Waals surface area contributed by atoms with Crippen molar-refractivity contribution in [2.75, 3.05) is 12.4 Å². The Kier molecular flexibility index (Phi) is 6.83. The van der Waals surface area contributed by atoms with E-state index in [2.05, 4.69) is 11.9 Å². The average molecular weight is 341 g/mol. The summed E-state index contributed by atoms with van der Waals surface area (Å²) in [5.41, 5.74) is 0.534. The van der Waals surface area contributed by atoms with Crippen LogP contribution in [-0.4, -0.2) is 17.1 Å². The van der Waals surface area contributed by atoms with Gasteiger partial charge in [-0.15, -0.1) is 6.58 Å². The minimum atomic E-state index is -0.429. The van der Waals surface area contributed by atoms with Crippen molar-refractivity contribution in [3.63, 3.8) is 0 Å². The van der Waals surface area contributed by atoms with E-state index in [0.717, 1.165) is 29.5 Å². The van der Waals surface area contributed by atoms with Gasteiger partial charge in [0.05, 0.1) is 0 Å². The van der Waals surface area contributed by atoms with E-state index in [1.54, 1.807) is 0 Å². The molecule has 0 atom stereocenters. The molecule has 0 spiro atoms. The number of nitrogens with one attached hydrogen (secondary N) is 1. The van der Waals surface area contributed by atoms with Crippen molar-refractivity contribution < 1.29 is 9.53 Å². The molecular formula is C19H23N3O3. The van der Waals surface area contributed by atoms with Crippen molar-refractivity contribution in [1.82, 2.24) is 9.99 Å². The number of nitrogen functional groups attached to an aromatic ring is 1. The summed E-state index contributed by atoms with van der Waals surface area (Å²) in [4.78, 5) is 24.6. The van der Waals surface area contributed by atoms with Crippen LogP contribution in [0.25, 0.3) is 0 Å². The molecule has 0 aliphatic carbocycles. The highest BCUT2D eigenvalue weighted by atomic mass is 16.5. The van der Waals surface area contributed by atoms with E-state index in [1.165, 1.54) is 12.3 Å². The first-order valence-electron chi connectivity index (χ1n) is 8.20. The van der Waals surface area contributed by atoms with Gasteiger partial charge < -0.3 is 15.9 Å². The molecule has 1 aromatic heterocycles. The van der Waals surface area contributed by atoms with Crippen LogP contribution in [0.15, 0.2) is 60.0 Å². The molecule has 3 N–H and O–H groups in total. The molecule has 6 nitrogen and oxygen atoms in total. The Morgan fingerprint density at radius 3 is 2.72 bits per heavy atom. The minimum absolute atomic E-state index is 0.0205. The molecule has 2 rings (SSSR count). The zero-order valence-electron chi connectivity index (χ0n) is 14.1. The lowest BCUT2D eigenvalue weighted by atomic mass is 10.2. The largest absolute Gasteiger partial charge is 0.482 e. The van der Waals surface area contributed by atoms with Gasteiger partial charge in [0.1, 0.15) is 6.61 Å². The van der Waals surface area contributed by atoms with E-state index in [0.29, 0.717) is 6.54 Å². The summed E-state index contributed by atoms with van der Waals surface area (Å²) < 4.78 is 6.73. The number of pyridine rings is 1. The Hall–Kier alpha value is -3.02. The Balaban J connectivity index is 2.10. The van der Waals surface area contributed by atoms with Crippen molar-refractivity contribution in [2.45, 2.75) is 25.9 Å². The third-order valence-corrected chi connectivity index (χ3v) is 3.65. The van der Waals surface area contributed by atoms with Gasteiger partial charge >= 0.3 is 0 Å². The summed E-state index contributed by atoms with van der Waals surface area (Å²) in [5.74, 6) is 5.36. The minimum Gasteiger partial charge on any atom is -0.482 e. The molecule has 2 aromatic rings. The van der Waals surface area contributed by atoms with Gasteiger partial charge in [0, 0.05) is 18.8 Å². The number of aromatic nitrogens is 1. The zero-order chi connectivity index (χ0) is 18.1. The third-order valence-electron chi connectivity index (χ3n) is 3.65. The maximum atomic E-state index is 12.4. The van der Waals surface area contributed by atoms with Gasteiger partial charge in [-0.2, -0.15) is 0 Å². The SMILES string of the molecule is C=CCCCCNC(=O)c1c(OCc2ccccc2)c(=O)ccn1N. The molecule has 1 heterocycles. The van der Waals surface area contributed by atoms with Gasteiger partial charge in [0.15, 0.2) is 11.4 Å². The Bertz CT molecular complexity index is 769. The number of carbonyl (C=O) groups excluding carboxylic acids is 1. The number of hydrogen-bond donors (Lipinski definition) is 2. The highest BCUT2D eigenvalue weighted by Crippen LogP contribution is 2.14. The summed E-state index contributed by atoms with van der Waals surface area (Å²) in [6.07, 6.45) is 5.84. The fourth-order valence-corrected chi connectivity index (χ4v) is 2.32. The predicted octanol–water partition coefficient (Wildman–Crippen LogP) is 2.23. The first-order valence-corrected chi connectivity index (χ1v) is 8.20. The van der Waals surface area contributed by atoms with Crippen LogP contribution in [0.1, 0.15) is 35.3 Å². The number of allylic oxidation sites excluding steroid dienone is 1. The maximum Gasteiger partial charge on any atom is 0.273 e. The van der Waals surface area contributed by atoms with E-state index in [9.17, 15) is 9.59 Å². The third kappa shape index (κ3) is 5.24. The molecule has 0 unspecified atom stereocenters. The summed E-state index contributed by atoms with van der Waals surface area (Å²) in [6.45, 7) is 4.34. The Morgan fingerprint density at radius 1 is 1.24 bits per heavy atom. The van der Waals surface area contributed by atoms with Crippen molar-refractivity contribution in [3.05, 3.63) is 76.7 Å². The first kappa shape index (κ1) is 18.3. The second kappa shape index (κ2) is 9.32. The number of unbranched alkanes of at least 4 members (excludes halogenated alkanes) is 2. The van der Waals surface area contributed by atoms with Crippen LogP contribution in [-0.2, 0) is 6.61 Å². The van der Waals surface area contributed by atoms with Crippen LogP contribution in [0, 0.1) is 0 Å². The lowest BCUT2D eigenvalue weighted by molar-refractivity contribution is 0.0939. The lowest BCUT2D eigenvalue weighted by Gasteiger charge is -2.14. The monoisotopic (exact) mass is 341 g/mol. The molecule has 0 aliphatic rings. The van der Waals surface area contributed by atoms with Gasteiger partial charge in [-0.05, 0) is 24.8 Å². The number of nitrogens with two attached hydrogens (primary N) is 1. The fourth-order valence-electron chi connectivity index (χ4n) is 2.32. The number of carbonyl (C=O) groups is 1. The molecule has 0 fully saturated rings. The quantitative estimate of drug-likeness (QED) is 0.416. The number of hydrogen-bond acceptors (Lipinski definition) is 4. The molecule has 6 heteroatoms. The molecule has 0 saturated heterocycles. The topological polar surface area (TPSA) is 86.3 Å². The highest BCUT2D eigenvalue weighted by Gasteiger charge is 2.19. The fraction of sp³-hybridized carbons (Fsp3) is 0.263. The predicted molar refractivity (Wildman–Crippen MR) is 98.0 cm³/mol. The molecule has 1 aromatic carbocycles. The van der Waals surface area contributed by atoms with Gasteiger partial charge in [-0.25, -0.2) is 0 Å². The Morgan fingerprint density at radius 2 is 2.00 bits per heavy atom. The highest BCUT2D eigenvalue weighted by molar-refractivity contribution is 5.95. The normalized spacial score (nSPS) is 10.2. The smallest absolute Gasteiger partial charge is 0.273 e. The average Bonchev–Trinajstić information content (AvgIpc) is 2.62. The van der Waals surface area contributed by atoms with E-state index in [-0.39, 0.29) is 23.5 Å². The number of amides is 1. The molecule has 0 radical (unpaired) electrons. The van der Waals surface area contributed by atoms with E-state index in [1.807, 2.05) is 36.4 Å². The number of rotatable bonds is 9. The van der Waals surface area contributed by atoms with Crippen molar-refractivity contribution >= 4 is 5.91 Å². The van der Waals surface area contributed by atoms with Gasteiger partial charge in [0.2, 0.25) is 5.43 Å². The van der Waals surface area contributed by atoms with E-state index < -0.39 is 5.91 Å². The zero-order valence-corrected chi connectivity index (χ0v) is 14.1. The van der Waals surface area contributed by atoms with Crippen LogP contribution < -0.4 is 21.3 Å². The lowest BCUT2D eigenvalue weighted by Crippen LogP contribution is -2.32. The van der Waals surface area contributed by atoms with Gasteiger partial charge in [-0.1, -0.05) is 36.4 Å². The second-order valence-corrected chi connectivity index (χ2v) is 5.58. The molecule has 25 heavy (non-hydrogen) atoms. The summed E-state index contributed by atoms with van der Waals surface area (Å²) >= 11 is 0. The molecular weight excluding hydrogens is 318 g/mol. The number of ether oxygens (including phenoxy) is 1. The molecule has 132 valence electrons. The first-order chi connectivity index (χ1) is 12.1. The summed E-state index contributed by atoms with van der Waals surface area (Å²) in [7, 11) is 0. The van der Waals surface area contributed by atoms with Crippen LogP contribution in [0.4, 0.5) is 0 Å². The summed E-state index contributed by atoms with van der Waals surface area (Å²) in [6, 6.07) is 10.7. The van der Waals surface area contributed by atoms with Crippen LogP contribution >= 0.6 is 0 Å². The Labute approximate surface area is 146 Å². The van der Waals surface area contributed by atoms with Crippen LogP contribution in [0.2, 0.25) is 0 Å². The number of benzene rings is 1. The summed E-state index contributed by atoms with van der Waals surface area (Å²) in [5, 5.41) is 2.77. The van der Waals surface area contributed by atoms with E-state index >= 15 is 0 Å². The van der Waals surface area contributed by atoms with Crippen LogP contribution in [0.3, 0.4) is 0 Å². The van der Waals surface area contributed by atoms with Crippen molar-refractivity contribution in [3.8, 4) is 5.75 Å². The standard InChI is InChI=1S/C19H23N3O3/c1-2-3-4-8-12-21-19(24)17-18(16(23)11-13-22(17)20)25-14-15-9-6-5-7-10-15/h2,5-7,9-11,13H,1,3-4,8,12,14,20H2,(H,21,24). The molecule has 0 bridgehead atoms. The maximum absolute atomic E-state index is 12.4. The van der Waals surface area contributed by atoms with Gasteiger partial charge in [-0.3, -0.25) is 14.3 Å². The van der Waals surface area contributed by atoms with E-state index in [4.69, 9.17) is 10.6 Å². The number of nitrogens with zero attached hydrogens (tertiary/aromatic N) is 1. The van der Waals surface area contributed by atoms with Crippen LogP contribution in [0.5, 0.6) is 5.75 Å². The van der Waals surface area contributed by atoms with Crippen molar-refractivity contribution in [1.29, 1.82) is 0 Å². The second-order valence-electron chi connectivity index (χ2n) is 5.58. The molecule has 0 saturated carbocycles.